The first-order chi connectivity index (χ1) is 9.56. The van der Waals surface area contributed by atoms with Gasteiger partial charge in [-0.3, -0.25) is 14.3 Å². The van der Waals surface area contributed by atoms with Crippen LogP contribution in [0.5, 0.6) is 0 Å². The SMILES string of the molecule is NCCCc1cn([C@H]2C[C@H](O)[C@@H](CO)O2)c(=O)[nH]c1=O. The lowest BCUT2D eigenvalue weighted by atomic mass is 10.1. The van der Waals surface area contributed by atoms with Crippen LogP contribution in [0.15, 0.2) is 15.8 Å². The van der Waals surface area contributed by atoms with E-state index >= 15 is 0 Å². The Bertz CT molecular complexity index is 567. The Morgan fingerprint density at radius 1 is 1.50 bits per heavy atom. The largest absolute Gasteiger partial charge is 0.394 e. The molecule has 1 aromatic heterocycles. The van der Waals surface area contributed by atoms with Crippen LogP contribution in [0.3, 0.4) is 0 Å². The molecule has 0 unspecified atom stereocenters. The van der Waals surface area contributed by atoms with Crippen LogP contribution >= 0.6 is 0 Å². The van der Waals surface area contributed by atoms with E-state index in [-0.39, 0.29) is 13.0 Å². The molecule has 0 radical (unpaired) electrons. The summed E-state index contributed by atoms with van der Waals surface area (Å²) in [6.45, 7) is 0.125. The summed E-state index contributed by atoms with van der Waals surface area (Å²) in [7, 11) is 0. The Kier molecular flexibility index (Phi) is 4.71. The van der Waals surface area contributed by atoms with Crippen LogP contribution in [0.4, 0.5) is 0 Å². The second-order valence-corrected chi connectivity index (χ2v) is 4.83. The Morgan fingerprint density at radius 2 is 2.25 bits per heavy atom. The molecule has 8 heteroatoms. The van der Waals surface area contributed by atoms with Crippen LogP contribution in [0.25, 0.3) is 0 Å². The lowest BCUT2D eigenvalue weighted by Gasteiger charge is -2.15. The molecule has 2 rings (SSSR count). The first-order valence-corrected chi connectivity index (χ1v) is 6.55. The van der Waals surface area contributed by atoms with Gasteiger partial charge in [-0.1, -0.05) is 0 Å². The summed E-state index contributed by atoms with van der Waals surface area (Å²) in [6, 6.07) is 0. The van der Waals surface area contributed by atoms with Gasteiger partial charge in [-0.2, -0.15) is 0 Å². The molecule has 0 aromatic carbocycles. The molecule has 0 amide bonds. The maximum Gasteiger partial charge on any atom is 0.330 e. The Morgan fingerprint density at radius 3 is 2.85 bits per heavy atom. The third-order valence-electron chi connectivity index (χ3n) is 3.39. The second-order valence-electron chi connectivity index (χ2n) is 4.83. The van der Waals surface area contributed by atoms with Crippen LogP contribution in [0.1, 0.15) is 24.6 Å². The van der Waals surface area contributed by atoms with Crippen molar-refractivity contribution in [2.24, 2.45) is 5.73 Å². The number of nitrogens with two attached hydrogens (primary N) is 1. The van der Waals surface area contributed by atoms with Gasteiger partial charge >= 0.3 is 5.69 Å². The van der Waals surface area contributed by atoms with Crippen molar-refractivity contribution in [1.82, 2.24) is 9.55 Å². The predicted octanol–water partition coefficient (Wildman–Crippen LogP) is -1.93. The van der Waals surface area contributed by atoms with Crippen molar-refractivity contribution in [1.29, 1.82) is 0 Å². The monoisotopic (exact) mass is 285 g/mol. The molecule has 1 aliphatic heterocycles. The molecule has 1 aliphatic rings. The van der Waals surface area contributed by atoms with Crippen molar-refractivity contribution < 1.29 is 14.9 Å². The highest BCUT2D eigenvalue weighted by atomic mass is 16.5. The molecule has 0 spiro atoms. The quantitative estimate of drug-likeness (QED) is 0.498. The third-order valence-corrected chi connectivity index (χ3v) is 3.39. The van der Waals surface area contributed by atoms with Crippen molar-refractivity contribution in [3.05, 3.63) is 32.6 Å². The fraction of sp³-hybridized carbons (Fsp3) is 0.667. The number of hydrogen-bond donors (Lipinski definition) is 4. The van der Waals surface area contributed by atoms with Gasteiger partial charge in [-0.05, 0) is 19.4 Å². The maximum atomic E-state index is 11.8. The summed E-state index contributed by atoms with van der Waals surface area (Å²) >= 11 is 0. The number of H-pyrrole nitrogens is 1. The van der Waals surface area contributed by atoms with E-state index in [0.29, 0.717) is 24.9 Å². The van der Waals surface area contributed by atoms with E-state index in [2.05, 4.69) is 4.98 Å². The summed E-state index contributed by atoms with van der Waals surface area (Å²) in [5, 5.41) is 18.7. The fourth-order valence-corrected chi connectivity index (χ4v) is 2.26. The van der Waals surface area contributed by atoms with Gasteiger partial charge in [0, 0.05) is 18.2 Å². The molecule has 2 heterocycles. The number of aliphatic hydroxyl groups excluding tert-OH is 2. The lowest BCUT2D eigenvalue weighted by molar-refractivity contribution is -0.0460. The van der Waals surface area contributed by atoms with Crippen LogP contribution in [0, 0.1) is 0 Å². The number of ether oxygens (including phenoxy) is 1. The Labute approximate surface area is 114 Å². The van der Waals surface area contributed by atoms with E-state index in [4.69, 9.17) is 15.6 Å². The standard InChI is InChI=1S/C12H19N3O5/c13-3-1-2-7-5-15(12(19)14-11(7)18)10-4-8(17)9(6-16)20-10/h5,8-10,16-17H,1-4,6,13H2,(H,14,18,19)/t8-,9+,10+/m0/s1. The number of nitrogens with one attached hydrogen (secondary N) is 1. The van der Waals surface area contributed by atoms with Crippen molar-refractivity contribution in [3.8, 4) is 0 Å². The van der Waals surface area contributed by atoms with Crippen molar-refractivity contribution in [2.75, 3.05) is 13.2 Å². The van der Waals surface area contributed by atoms with E-state index in [0.717, 1.165) is 0 Å². The Balaban J connectivity index is 2.28. The predicted molar refractivity (Wildman–Crippen MR) is 70.3 cm³/mol. The van der Waals surface area contributed by atoms with Gasteiger partial charge in [-0.25, -0.2) is 4.79 Å². The highest BCUT2D eigenvalue weighted by Crippen LogP contribution is 2.27. The number of aromatic nitrogens is 2. The van der Waals surface area contributed by atoms with Gasteiger partial charge in [0.05, 0.1) is 12.7 Å². The number of aliphatic hydroxyl groups is 2. The summed E-state index contributed by atoms with van der Waals surface area (Å²) in [4.78, 5) is 25.7. The van der Waals surface area contributed by atoms with Crippen molar-refractivity contribution >= 4 is 0 Å². The number of nitrogens with zero attached hydrogens (tertiary/aromatic N) is 1. The van der Waals surface area contributed by atoms with Crippen molar-refractivity contribution in [3.63, 3.8) is 0 Å². The van der Waals surface area contributed by atoms with E-state index in [9.17, 15) is 14.7 Å². The molecule has 0 saturated carbocycles. The molecule has 3 atom stereocenters. The summed E-state index contributed by atoms with van der Waals surface area (Å²) in [5.74, 6) is 0. The zero-order valence-corrected chi connectivity index (χ0v) is 11.0. The number of aromatic amines is 1. The minimum absolute atomic E-state index is 0.188. The molecule has 20 heavy (non-hydrogen) atoms. The molecular formula is C12H19N3O5. The first kappa shape index (κ1) is 14.9. The van der Waals surface area contributed by atoms with E-state index in [1.54, 1.807) is 0 Å². The number of hydrogen-bond acceptors (Lipinski definition) is 6. The van der Waals surface area contributed by atoms with Gasteiger partial charge in [0.2, 0.25) is 0 Å². The van der Waals surface area contributed by atoms with Crippen molar-refractivity contribution in [2.45, 2.75) is 37.7 Å². The summed E-state index contributed by atoms with van der Waals surface area (Å²) in [6.07, 6.45) is 0.479. The van der Waals surface area contributed by atoms with Crippen LogP contribution in [0.2, 0.25) is 0 Å². The normalized spacial score (nSPS) is 26.1. The fourth-order valence-electron chi connectivity index (χ4n) is 2.26. The smallest absolute Gasteiger partial charge is 0.330 e. The molecule has 8 nitrogen and oxygen atoms in total. The van der Waals surface area contributed by atoms with Crippen LogP contribution in [-0.2, 0) is 11.2 Å². The Hall–Kier alpha value is -1.48. The average molecular weight is 285 g/mol. The summed E-state index contributed by atoms with van der Waals surface area (Å²) < 4.78 is 6.65. The number of rotatable bonds is 5. The maximum absolute atomic E-state index is 11.8. The van der Waals surface area contributed by atoms with Gasteiger partial charge in [0.25, 0.3) is 5.56 Å². The molecule has 1 saturated heterocycles. The van der Waals surface area contributed by atoms with E-state index in [1.807, 2.05) is 0 Å². The molecule has 1 aromatic rings. The van der Waals surface area contributed by atoms with Crippen LogP contribution in [-0.4, -0.2) is 45.1 Å². The number of aryl methyl sites for hydroxylation is 1. The topological polar surface area (TPSA) is 131 Å². The van der Waals surface area contributed by atoms with Crippen LogP contribution < -0.4 is 17.0 Å². The lowest BCUT2D eigenvalue weighted by Crippen LogP contribution is -2.34. The minimum Gasteiger partial charge on any atom is -0.394 e. The third kappa shape index (κ3) is 2.98. The van der Waals surface area contributed by atoms with E-state index in [1.165, 1.54) is 10.8 Å². The van der Waals surface area contributed by atoms with Gasteiger partial charge in [0.1, 0.15) is 12.3 Å². The van der Waals surface area contributed by atoms with Gasteiger partial charge < -0.3 is 20.7 Å². The first-order valence-electron chi connectivity index (χ1n) is 6.55. The van der Waals surface area contributed by atoms with Gasteiger partial charge in [0.15, 0.2) is 0 Å². The highest BCUT2D eigenvalue weighted by molar-refractivity contribution is 5.05. The molecule has 0 aliphatic carbocycles. The average Bonchev–Trinajstić information content (AvgIpc) is 2.79. The zero-order chi connectivity index (χ0) is 14.7. The zero-order valence-electron chi connectivity index (χ0n) is 11.0. The molecule has 5 N–H and O–H groups in total. The second kappa shape index (κ2) is 6.31. The van der Waals surface area contributed by atoms with Gasteiger partial charge in [-0.15, -0.1) is 0 Å². The summed E-state index contributed by atoms with van der Waals surface area (Å²) in [5.41, 5.74) is 4.82. The minimum atomic E-state index is -0.837. The molecular weight excluding hydrogens is 266 g/mol. The molecule has 112 valence electrons. The highest BCUT2D eigenvalue weighted by Gasteiger charge is 2.35. The molecule has 0 bridgehead atoms. The molecule has 1 fully saturated rings. The van der Waals surface area contributed by atoms with E-state index < -0.39 is 29.7 Å².